The molecule has 0 heterocycles. The van der Waals surface area contributed by atoms with E-state index in [0.717, 1.165) is 12.8 Å². The third-order valence-electron chi connectivity index (χ3n) is 2.65. The van der Waals surface area contributed by atoms with Crippen LogP contribution >= 0.6 is 0 Å². The van der Waals surface area contributed by atoms with Gasteiger partial charge in [-0.2, -0.15) is 0 Å². The van der Waals surface area contributed by atoms with Gasteiger partial charge in [0.05, 0.1) is 0 Å². The molecular formula is C11H25N. The van der Waals surface area contributed by atoms with E-state index >= 15 is 0 Å². The summed E-state index contributed by atoms with van der Waals surface area (Å²) in [6.45, 7) is 11.2. The van der Waals surface area contributed by atoms with Gasteiger partial charge in [0.2, 0.25) is 0 Å². The molecule has 2 N–H and O–H groups in total. The molecule has 0 saturated heterocycles. The van der Waals surface area contributed by atoms with Gasteiger partial charge in [0.15, 0.2) is 0 Å². The SMILES string of the molecule is CCCC(N)(CC(C)C)C(C)C. The van der Waals surface area contributed by atoms with Crippen LogP contribution in [-0.2, 0) is 0 Å². The molecule has 0 bridgehead atoms. The van der Waals surface area contributed by atoms with Crippen molar-refractivity contribution in [3.05, 3.63) is 0 Å². The molecule has 1 unspecified atom stereocenters. The first kappa shape index (κ1) is 12.0. The molecule has 1 heteroatoms. The molecule has 0 aliphatic carbocycles. The van der Waals surface area contributed by atoms with Gasteiger partial charge >= 0.3 is 0 Å². The van der Waals surface area contributed by atoms with E-state index in [1.807, 2.05) is 0 Å². The summed E-state index contributed by atoms with van der Waals surface area (Å²) in [7, 11) is 0. The number of nitrogens with two attached hydrogens (primary N) is 1. The van der Waals surface area contributed by atoms with Gasteiger partial charge in [-0.15, -0.1) is 0 Å². The van der Waals surface area contributed by atoms with Crippen molar-refractivity contribution in [1.29, 1.82) is 0 Å². The molecule has 0 aliphatic rings. The summed E-state index contributed by atoms with van der Waals surface area (Å²) >= 11 is 0. The largest absolute Gasteiger partial charge is 0.325 e. The fourth-order valence-corrected chi connectivity index (χ4v) is 1.85. The molecule has 1 atom stereocenters. The quantitative estimate of drug-likeness (QED) is 0.675. The highest BCUT2D eigenvalue weighted by Gasteiger charge is 2.28. The van der Waals surface area contributed by atoms with Crippen LogP contribution in [0.15, 0.2) is 0 Å². The van der Waals surface area contributed by atoms with Gasteiger partial charge in [0.25, 0.3) is 0 Å². The number of hydrogen-bond acceptors (Lipinski definition) is 1. The summed E-state index contributed by atoms with van der Waals surface area (Å²) in [5, 5.41) is 0. The number of hydrogen-bond donors (Lipinski definition) is 1. The Morgan fingerprint density at radius 1 is 1.17 bits per heavy atom. The molecule has 0 rings (SSSR count). The Balaban J connectivity index is 4.18. The van der Waals surface area contributed by atoms with Crippen LogP contribution in [0, 0.1) is 11.8 Å². The van der Waals surface area contributed by atoms with Crippen molar-refractivity contribution in [3.8, 4) is 0 Å². The summed E-state index contributed by atoms with van der Waals surface area (Å²) in [6, 6.07) is 0. The Morgan fingerprint density at radius 3 is 1.92 bits per heavy atom. The monoisotopic (exact) mass is 171 g/mol. The minimum absolute atomic E-state index is 0.0723. The van der Waals surface area contributed by atoms with Gasteiger partial charge in [-0.1, -0.05) is 41.0 Å². The second kappa shape index (κ2) is 4.86. The maximum Gasteiger partial charge on any atom is 0.0179 e. The molecule has 0 aliphatic heterocycles. The third-order valence-corrected chi connectivity index (χ3v) is 2.65. The van der Waals surface area contributed by atoms with Crippen LogP contribution in [0.2, 0.25) is 0 Å². The predicted octanol–water partition coefficient (Wildman–Crippen LogP) is 3.19. The van der Waals surface area contributed by atoms with Crippen LogP contribution in [-0.4, -0.2) is 5.54 Å². The molecule has 0 fully saturated rings. The molecule has 0 aromatic heterocycles. The normalized spacial score (nSPS) is 17.0. The van der Waals surface area contributed by atoms with Crippen molar-refractivity contribution < 1.29 is 0 Å². The van der Waals surface area contributed by atoms with Crippen LogP contribution in [0.25, 0.3) is 0 Å². The van der Waals surface area contributed by atoms with E-state index in [1.54, 1.807) is 0 Å². The maximum absolute atomic E-state index is 6.35. The Morgan fingerprint density at radius 2 is 1.67 bits per heavy atom. The Hall–Kier alpha value is -0.0400. The van der Waals surface area contributed by atoms with Crippen molar-refractivity contribution in [3.63, 3.8) is 0 Å². The molecule has 74 valence electrons. The van der Waals surface area contributed by atoms with Crippen molar-refractivity contribution in [1.82, 2.24) is 0 Å². The highest BCUT2D eigenvalue weighted by atomic mass is 14.7. The van der Waals surface area contributed by atoms with Crippen molar-refractivity contribution in [2.24, 2.45) is 17.6 Å². The predicted molar refractivity (Wildman–Crippen MR) is 56.1 cm³/mol. The molecule has 0 aromatic carbocycles. The Kier molecular flexibility index (Phi) is 4.84. The lowest BCUT2D eigenvalue weighted by Crippen LogP contribution is -2.46. The lowest BCUT2D eigenvalue weighted by atomic mass is 9.77. The summed E-state index contributed by atoms with van der Waals surface area (Å²) < 4.78 is 0. The fraction of sp³-hybridized carbons (Fsp3) is 1.00. The van der Waals surface area contributed by atoms with Crippen LogP contribution in [0.1, 0.15) is 53.9 Å². The fourth-order valence-electron chi connectivity index (χ4n) is 1.85. The lowest BCUT2D eigenvalue weighted by Gasteiger charge is -2.35. The molecule has 0 radical (unpaired) electrons. The van der Waals surface area contributed by atoms with Crippen molar-refractivity contribution in [2.75, 3.05) is 0 Å². The summed E-state index contributed by atoms with van der Waals surface area (Å²) in [4.78, 5) is 0. The maximum atomic E-state index is 6.35. The average molecular weight is 171 g/mol. The summed E-state index contributed by atoms with van der Waals surface area (Å²) in [6.07, 6.45) is 3.50. The van der Waals surface area contributed by atoms with E-state index in [2.05, 4.69) is 34.6 Å². The highest BCUT2D eigenvalue weighted by molar-refractivity contribution is 4.87. The van der Waals surface area contributed by atoms with Gasteiger partial charge in [0, 0.05) is 5.54 Å². The minimum Gasteiger partial charge on any atom is -0.325 e. The smallest absolute Gasteiger partial charge is 0.0179 e. The average Bonchev–Trinajstić information content (AvgIpc) is 1.85. The van der Waals surface area contributed by atoms with Crippen LogP contribution in [0.5, 0.6) is 0 Å². The van der Waals surface area contributed by atoms with E-state index in [4.69, 9.17) is 5.73 Å². The van der Waals surface area contributed by atoms with Gasteiger partial charge in [0.1, 0.15) is 0 Å². The highest BCUT2D eigenvalue weighted by Crippen LogP contribution is 2.27. The Bertz CT molecular complexity index is 118. The van der Waals surface area contributed by atoms with Crippen LogP contribution in [0.3, 0.4) is 0 Å². The summed E-state index contributed by atoms with van der Waals surface area (Å²) in [5.74, 6) is 1.31. The minimum atomic E-state index is 0.0723. The Labute approximate surface area is 77.7 Å². The van der Waals surface area contributed by atoms with E-state index in [0.29, 0.717) is 11.8 Å². The number of rotatable bonds is 5. The second-order valence-corrected chi connectivity index (χ2v) is 4.74. The van der Waals surface area contributed by atoms with E-state index in [1.165, 1.54) is 6.42 Å². The van der Waals surface area contributed by atoms with Crippen molar-refractivity contribution in [2.45, 2.75) is 59.4 Å². The van der Waals surface area contributed by atoms with E-state index < -0.39 is 0 Å². The lowest BCUT2D eigenvalue weighted by molar-refractivity contribution is 0.236. The zero-order valence-corrected chi connectivity index (χ0v) is 9.35. The zero-order valence-electron chi connectivity index (χ0n) is 9.35. The first-order valence-corrected chi connectivity index (χ1v) is 5.21. The van der Waals surface area contributed by atoms with Gasteiger partial charge in [-0.3, -0.25) is 0 Å². The zero-order chi connectivity index (χ0) is 9.78. The molecular weight excluding hydrogens is 146 g/mol. The molecule has 0 spiro atoms. The summed E-state index contributed by atoms with van der Waals surface area (Å²) in [5.41, 5.74) is 6.42. The molecule has 0 saturated carbocycles. The second-order valence-electron chi connectivity index (χ2n) is 4.74. The molecule has 0 amide bonds. The van der Waals surface area contributed by atoms with Gasteiger partial charge < -0.3 is 5.73 Å². The van der Waals surface area contributed by atoms with Crippen molar-refractivity contribution >= 4 is 0 Å². The van der Waals surface area contributed by atoms with Crippen LogP contribution in [0.4, 0.5) is 0 Å². The van der Waals surface area contributed by atoms with E-state index in [-0.39, 0.29) is 5.54 Å². The van der Waals surface area contributed by atoms with Gasteiger partial charge in [-0.25, -0.2) is 0 Å². The third kappa shape index (κ3) is 3.57. The van der Waals surface area contributed by atoms with Crippen LogP contribution < -0.4 is 5.73 Å². The first-order chi connectivity index (χ1) is 5.42. The molecule has 0 aromatic rings. The van der Waals surface area contributed by atoms with Gasteiger partial charge in [-0.05, 0) is 24.7 Å². The first-order valence-electron chi connectivity index (χ1n) is 5.21. The van der Waals surface area contributed by atoms with E-state index in [9.17, 15) is 0 Å². The topological polar surface area (TPSA) is 26.0 Å². The molecule has 12 heavy (non-hydrogen) atoms. The standard InChI is InChI=1S/C11H25N/c1-6-7-11(12,10(4)5)8-9(2)3/h9-10H,6-8,12H2,1-5H3. The molecule has 1 nitrogen and oxygen atoms in total.